The third-order valence-corrected chi connectivity index (χ3v) is 6.66. The summed E-state index contributed by atoms with van der Waals surface area (Å²) >= 11 is 2.81. The van der Waals surface area contributed by atoms with Crippen LogP contribution in [0.25, 0.3) is 6.08 Å². The molecule has 180 valence electrons. The van der Waals surface area contributed by atoms with Gasteiger partial charge in [-0.15, -0.1) is 0 Å². The molecule has 1 atom stereocenters. The molecule has 2 aromatic rings. The number of halogens is 2. The van der Waals surface area contributed by atoms with Crippen LogP contribution in [0.5, 0.6) is 11.5 Å². The lowest BCUT2D eigenvalue weighted by Gasteiger charge is -2.15. The molecule has 0 radical (unpaired) electrons. The minimum Gasteiger partial charge on any atom is -0.493 e. The highest BCUT2D eigenvalue weighted by atomic mass is 127. The number of carbonyl (C=O) groups excluding carboxylic acids is 3. The minimum atomic E-state index is -0.634. The molecule has 0 unspecified atom stereocenters. The number of amides is 2. The van der Waals surface area contributed by atoms with E-state index in [4.69, 9.17) is 14.2 Å². The summed E-state index contributed by atoms with van der Waals surface area (Å²) in [6.45, 7) is 3.19. The summed E-state index contributed by atoms with van der Waals surface area (Å²) in [5.41, 5.74) is 1.01. The Balaban J connectivity index is 1.77. The molecule has 0 aliphatic carbocycles. The van der Waals surface area contributed by atoms with Gasteiger partial charge >= 0.3 is 5.97 Å². The van der Waals surface area contributed by atoms with Crippen molar-refractivity contribution in [2.45, 2.75) is 33.0 Å². The molecule has 0 aromatic heterocycles. The van der Waals surface area contributed by atoms with Crippen molar-refractivity contribution in [2.75, 3.05) is 13.7 Å². The van der Waals surface area contributed by atoms with Gasteiger partial charge in [-0.05, 0) is 77.5 Å². The van der Waals surface area contributed by atoms with Crippen LogP contribution in [0.1, 0.15) is 31.4 Å². The maximum atomic E-state index is 13.9. The maximum absolute atomic E-state index is 13.9. The van der Waals surface area contributed by atoms with Crippen molar-refractivity contribution in [1.29, 1.82) is 0 Å². The molecule has 0 bridgehead atoms. The molecule has 3 rings (SSSR count). The van der Waals surface area contributed by atoms with Gasteiger partial charge in [0.05, 0.1) is 21.7 Å². The second-order valence-corrected chi connectivity index (χ2v) is 9.55. The lowest BCUT2D eigenvalue weighted by molar-refractivity contribution is -0.150. The van der Waals surface area contributed by atoms with Crippen LogP contribution in [-0.2, 0) is 20.9 Å². The van der Waals surface area contributed by atoms with E-state index in [0.717, 1.165) is 16.7 Å². The van der Waals surface area contributed by atoms with Crippen LogP contribution in [0.3, 0.4) is 0 Å². The third-order valence-electron chi connectivity index (χ3n) is 4.95. The molecule has 7 nitrogen and oxygen atoms in total. The Bertz CT molecular complexity index is 1140. The van der Waals surface area contributed by atoms with Gasteiger partial charge in [0.1, 0.15) is 19.0 Å². The van der Waals surface area contributed by atoms with Crippen molar-refractivity contribution >= 4 is 57.5 Å². The molecule has 2 aromatic carbocycles. The van der Waals surface area contributed by atoms with Crippen LogP contribution in [0.15, 0.2) is 41.3 Å². The molecule has 0 N–H and O–H groups in total. The van der Waals surface area contributed by atoms with Crippen molar-refractivity contribution in [3.63, 3.8) is 0 Å². The Morgan fingerprint density at radius 2 is 2.00 bits per heavy atom. The molecule has 10 heteroatoms. The fourth-order valence-electron chi connectivity index (χ4n) is 2.99. The lowest BCUT2D eigenvalue weighted by atomic mass is 10.1. The number of esters is 1. The van der Waals surface area contributed by atoms with Crippen LogP contribution >= 0.6 is 34.4 Å². The highest BCUT2D eigenvalue weighted by Gasteiger charge is 2.37. The maximum Gasteiger partial charge on any atom is 0.326 e. The van der Waals surface area contributed by atoms with Gasteiger partial charge < -0.3 is 14.2 Å². The van der Waals surface area contributed by atoms with E-state index < -0.39 is 23.7 Å². The number of thioether (sulfide) groups is 1. The Hall–Kier alpha value is -2.60. The van der Waals surface area contributed by atoms with E-state index in [0.29, 0.717) is 32.6 Å². The van der Waals surface area contributed by atoms with Gasteiger partial charge in [0, 0.05) is 5.56 Å². The first-order valence-corrected chi connectivity index (χ1v) is 12.3. The summed E-state index contributed by atoms with van der Waals surface area (Å²) in [5, 5.41) is -0.538. The van der Waals surface area contributed by atoms with E-state index in [1.165, 1.54) is 13.2 Å². The zero-order chi connectivity index (χ0) is 24.8. The fraction of sp³-hybridized carbons (Fsp3) is 0.292. The number of benzene rings is 2. The van der Waals surface area contributed by atoms with Crippen LogP contribution in [-0.4, -0.2) is 41.8 Å². The van der Waals surface area contributed by atoms with Crippen LogP contribution in [0, 0.1) is 9.39 Å². The SMILES string of the molecule is CC[C@H](C)OC(=O)CN1C(=O)S/C(=C/c2cc(I)c(OCc3ccccc3F)c(OC)c2)C1=O. The number of ether oxygens (including phenoxy) is 3. The Morgan fingerprint density at radius 1 is 1.26 bits per heavy atom. The number of hydrogen-bond acceptors (Lipinski definition) is 7. The number of rotatable bonds is 9. The summed E-state index contributed by atoms with van der Waals surface area (Å²) in [6, 6.07) is 9.74. The molecule has 1 saturated heterocycles. The summed E-state index contributed by atoms with van der Waals surface area (Å²) in [5.74, 6) is -0.734. The summed E-state index contributed by atoms with van der Waals surface area (Å²) in [6.07, 6.45) is 1.89. The summed E-state index contributed by atoms with van der Waals surface area (Å²) < 4.78 is 31.0. The second-order valence-electron chi connectivity index (χ2n) is 7.39. The molecule has 2 amide bonds. The predicted octanol–water partition coefficient (Wildman–Crippen LogP) is 5.40. The standard InChI is InChI=1S/C24H23FINO6S/c1-4-14(2)33-21(28)12-27-23(29)20(34-24(27)30)11-15-9-18(26)22(19(10-15)31-3)32-13-16-7-5-6-8-17(16)25/h5-11,14H,4,12-13H2,1-3H3/b20-11+/t14-/m0/s1. The molecule has 1 heterocycles. The smallest absolute Gasteiger partial charge is 0.326 e. The van der Waals surface area contributed by atoms with E-state index in [9.17, 15) is 18.8 Å². The average Bonchev–Trinajstić information content (AvgIpc) is 3.06. The van der Waals surface area contributed by atoms with Crippen molar-refractivity contribution in [1.82, 2.24) is 4.90 Å². The molecule has 0 spiro atoms. The van der Waals surface area contributed by atoms with Gasteiger partial charge in [0.2, 0.25) is 0 Å². The molecular formula is C24H23FINO6S. The lowest BCUT2D eigenvalue weighted by Crippen LogP contribution is -2.35. The van der Waals surface area contributed by atoms with Gasteiger partial charge in [-0.2, -0.15) is 0 Å². The third kappa shape index (κ3) is 6.29. The number of imide groups is 1. The first-order valence-electron chi connectivity index (χ1n) is 10.4. The van der Waals surface area contributed by atoms with Crippen molar-refractivity contribution < 1.29 is 33.0 Å². The quantitative estimate of drug-likeness (QED) is 0.217. The fourth-order valence-corrected chi connectivity index (χ4v) is 4.61. The first kappa shape index (κ1) is 26.0. The predicted molar refractivity (Wildman–Crippen MR) is 135 cm³/mol. The molecule has 34 heavy (non-hydrogen) atoms. The molecule has 1 aliphatic heterocycles. The number of methoxy groups -OCH3 is 1. The van der Waals surface area contributed by atoms with Gasteiger partial charge in [-0.1, -0.05) is 25.1 Å². The monoisotopic (exact) mass is 599 g/mol. The highest BCUT2D eigenvalue weighted by Crippen LogP contribution is 2.37. The molecule has 1 fully saturated rings. The molecular weight excluding hydrogens is 576 g/mol. The Morgan fingerprint density at radius 3 is 2.68 bits per heavy atom. The van der Waals surface area contributed by atoms with Crippen LogP contribution in [0.4, 0.5) is 9.18 Å². The largest absolute Gasteiger partial charge is 0.493 e. The Labute approximate surface area is 214 Å². The minimum absolute atomic E-state index is 0.0179. The summed E-state index contributed by atoms with van der Waals surface area (Å²) in [7, 11) is 1.47. The zero-order valence-corrected chi connectivity index (χ0v) is 21.8. The van der Waals surface area contributed by atoms with E-state index in [1.54, 1.807) is 43.3 Å². The second kappa shape index (κ2) is 11.7. The van der Waals surface area contributed by atoms with Gasteiger partial charge in [-0.3, -0.25) is 19.3 Å². The Kier molecular flexibility index (Phi) is 8.95. The van der Waals surface area contributed by atoms with E-state index in [-0.39, 0.29) is 23.4 Å². The molecule has 0 saturated carbocycles. The number of nitrogens with zero attached hydrogens (tertiary/aromatic N) is 1. The van der Waals surface area contributed by atoms with Crippen molar-refractivity contribution in [3.05, 3.63) is 61.8 Å². The zero-order valence-electron chi connectivity index (χ0n) is 18.8. The normalized spacial score (nSPS) is 15.6. The first-order chi connectivity index (χ1) is 16.2. The van der Waals surface area contributed by atoms with Crippen LogP contribution < -0.4 is 9.47 Å². The van der Waals surface area contributed by atoms with E-state index >= 15 is 0 Å². The highest BCUT2D eigenvalue weighted by molar-refractivity contribution is 14.1. The average molecular weight is 599 g/mol. The van der Waals surface area contributed by atoms with Gasteiger partial charge in [0.15, 0.2) is 11.5 Å². The van der Waals surface area contributed by atoms with E-state index in [1.807, 2.05) is 6.92 Å². The number of hydrogen-bond donors (Lipinski definition) is 0. The topological polar surface area (TPSA) is 82.1 Å². The van der Waals surface area contributed by atoms with Crippen molar-refractivity contribution in [3.8, 4) is 11.5 Å². The molecule has 1 aliphatic rings. The van der Waals surface area contributed by atoms with Gasteiger partial charge in [-0.25, -0.2) is 4.39 Å². The van der Waals surface area contributed by atoms with E-state index in [2.05, 4.69) is 22.6 Å². The van der Waals surface area contributed by atoms with Crippen LogP contribution in [0.2, 0.25) is 0 Å². The van der Waals surface area contributed by atoms with Crippen molar-refractivity contribution in [2.24, 2.45) is 0 Å². The van der Waals surface area contributed by atoms with Gasteiger partial charge in [0.25, 0.3) is 11.1 Å². The summed E-state index contributed by atoms with van der Waals surface area (Å²) in [4.78, 5) is 38.1. The number of carbonyl (C=O) groups is 3.